The number of rotatable bonds is 1. The van der Waals surface area contributed by atoms with Crippen LogP contribution in [0.3, 0.4) is 0 Å². The van der Waals surface area contributed by atoms with Crippen LogP contribution in [-0.2, 0) is 0 Å². The highest BCUT2D eigenvalue weighted by Gasteiger charge is 2.15. The zero-order chi connectivity index (χ0) is 10.2. The average Bonchev–Trinajstić information content (AvgIpc) is 2.07. The maximum Gasteiger partial charge on any atom is 0.336 e. The van der Waals surface area contributed by atoms with Crippen molar-refractivity contribution < 1.29 is 15.0 Å². The van der Waals surface area contributed by atoms with E-state index in [0.717, 1.165) is 0 Å². The second kappa shape index (κ2) is 3.67. The Morgan fingerprint density at radius 3 is 2.46 bits per heavy atom. The van der Waals surface area contributed by atoms with E-state index < -0.39 is 5.97 Å². The molecule has 0 atom stereocenters. The largest absolute Gasteiger partial charge is 0.506 e. The summed E-state index contributed by atoms with van der Waals surface area (Å²) in [5.74, 6) is -0.999. The van der Waals surface area contributed by atoms with Gasteiger partial charge in [-0.2, -0.15) is 0 Å². The molecule has 0 aliphatic heterocycles. The van der Waals surface area contributed by atoms with Crippen molar-refractivity contribution in [1.82, 2.24) is 0 Å². The Bertz CT molecular complexity index is 374. The molecule has 0 saturated heterocycles. The molecule has 1 aromatic carbocycles. The molecule has 0 fully saturated rings. The van der Waals surface area contributed by atoms with Crippen LogP contribution in [0.2, 0.25) is 0 Å². The molecule has 0 bridgehead atoms. The molecule has 0 aromatic heterocycles. The zero-order valence-corrected chi connectivity index (χ0v) is 9.81. The van der Waals surface area contributed by atoms with E-state index in [1.54, 1.807) is 6.92 Å². The summed E-state index contributed by atoms with van der Waals surface area (Å²) >= 11 is 6.16. The van der Waals surface area contributed by atoms with Crippen LogP contribution < -0.4 is 0 Å². The first-order valence-electron chi connectivity index (χ1n) is 3.36. The van der Waals surface area contributed by atoms with Gasteiger partial charge in [-0.15, -0.1) is 0 Å². The number of halogens is 2. The average molecular weight is 310 g/mol. The highest BCUT2D eigenvalue weighted by molar-refractivity contribution is 9.11. The van der Waals surface area contributed by atoms with Crippen molar-refractivity contribution in [3.05, 3.63) is 26.1 Å². The summed E-state index contributed by atoms with van der Waals surface area (Å²) in [5.41, 5.74) is 0.671. The van der Waals surface area contributed by atoms with E-state index in [0.29, 0.717) is 14.5 Å². The number of phenolic OH excluding ortho intramolecular Hbond substituents is 1. The Labute approximate surface area is 91.6 Å². The highest BCUT2D eigenvalue weighted by atomic mass is 79.9. The van der Waals surface area contributed by atoms with Gasteiger partial charge in [0.05, 0.1) is 14.5 Å². The predicted molar refractivity (Wildman–Crippen MR) is 55.2 cm³/mol. The summed E-state index contributed by atoms with van der Waals surface area (Å²) in [7, 11) is 0. The van der Waals surface area contributed by atoms with Gasteiger partial charge in [0.15, 0.2) is 0 Å². The third kappa shape index (κ3) is 1.86. The Kier molecular flexibility index (Phi) is 2.98. The van der Waals surface area contributed by atoms with Crippen molar-refractivity contribution in [1.29, 1.82) is 0 Å². The number of carbonyl (C=O) groups is 1. The summed E-state index contributed by atoms with van der Waals surface area (Å²) in [6.07, 6.45) is 0. The molecule has 0 saturated carbocycles. The molecular weight excluding hydrogens is 304 g/mol. The third-order valence-electron chi connectivity index (χ3n) is 1.67. The lowest BCUT2D eigenvalue weighted by molar-refractivity contribution is 0.0696. The van der Waals surface area contributed by atoms with Crippen molar-refractivity contribution in [2.45, 2.75) is 6.92 Å². The van der Waals surface area contributed by atoms with E-state index >= 15 is 0 Å². The van der Waals surface area contributed by atoms with Crippen LogP contribution >= 0.6 is 31.9 Å². The molecule has 13 heavy (non-hydrogen) atoms. The lowest BCUT2D eigenvalue weighted by Gasteiger charge is -2.07. The van der Waals surface area contributed by atoms with Gasteiger partial charge in [0, 0.05) is 0 Å². The van der Waals surface area contributed by atoms with E-state index in [4.69, 9.17) is 5.11 Å². The van der Waals surface area contributed by atoms with Crippen LogP contribution in [0.4, 0.5) is 0 Å². The first kappa shape index (κ1) is 10.5. The normalized spacial score (nSPS) is 10.1. The van der Waals surface area contributed by atoms with Gasteiger partial charge in [-0.05, 0) is 50.4 Å². The molecule has 70 valence electrons. The van der Waals surface area contributed by atoms with Crippen molar-refractivity contribution in [2.24, 2.45) is 0 Å². The molecule has 5 heteroatoms. The van der Waals surface area contributed by atoms with Crippen LogP contribution in [0.1, 0.15) is 15.9 Å². The lowest BCUT2D eigenvalue weighted by Crippen LogP contribution is -2.00. The first-order chi connectivity index (χ1) is 5.95. The quantitative estimate of drug-likeness (QED) is 0.838. The number of aromatic carboxylic acids is 1. The second-order valence-electron chi connectivity index (χ2n) is 2.50. The van der Waals surface area contributed by atoms with Gasteiger partial charge in [-0.25, -0.2) is 4.79 Å². The molecule has 1 aromatic rings. The number of benzene rings is 1. The van der Waals surface area contributed by atoms with Gasteiger partial charge >= 0.3 is 5.97 Å². The molecule has 0 aliphatic carbocycles. The SMILES string of the molecule is Cc1c(C(=O)O)cc(Br)c(O)c1Br. The molecule has 2 N–H and O–H groups in total. The van der Waals surface area contributed by atoms with Gasteiger partial charge in [-0.1, -0.05) is 0 Å². The Hall–Kier alpha value is -0.550. The second-order valence-corrected chi connectivity index (χ2v) is 4.15. The molecule has 1 rings (SSSR count). The maximum atomic E-state index is 10.7. The fourth-order valence-electron chi connectivity index (χ4n) is 0.926. The van der Waals surface area contributed by atoms with E-state index in [2.05, 4.69) is 31.9 Å². The maximum absolute atomic E-state index is 10.7. The molecule has 0 unspecified atom stereocenters. The Morgan fingerprint density at radius 1 is 1.46 bits per heavy atom. The fourth-order valence-corrected chi connectivity index (χ4v) is 2.05. The minimum absolute atomic E-state index is 0.0162. The number of carboxylic acid groups (broad SMARTS) is 1. The van der Waals surface area contributed by atoms with Crippen LogP contribution in [0, 0.1) is 6.92 Å². The Balaban J connectivity index is 3.50. The summed E-state index contributed by atoms with van der Waals surface area (Å²) in [6.45, 7) is 1.62. The summed E-state index contributed by atoms with van der Waals surface area (Å²) in [5, 5.41) is 18.2. The molecule has 0 radical (unpaired) electrons. The monoisotopic (exact) mass is 308 g/mol. The van der Waals surface area contributed by atoms with Crippen molar-refractivity contribution in [2.75, 3.05) is 0 Å². The number of aromatic hydroxyl groups is 1. The molecule has 0 amide bonds. The lowest BCUT2D eigenvalue weighted by atomic mass is 10.1. The molecule has 0 heterocycles. The van der Waals surface area contributed by atoms with E-state index in [9.17, 15) is 9.90 Å². The highest BCUT2D eigenvalue weighted by Crippen LogP contribution is 2.36. The van der Waals surface area contributed by atoms with Crippen LogP contribution in [0.25, 0.3) is 0 Å². The van der Waals surface area contributed by atoms with Gasteiger partial charge in [0.1, 0.15) is 5.75 Å². The van der Waals surface area contributed by atoms with E-state index in [-0.39, 0.29) is 11.3 Å². The van der Waals surface area contributed by atoms with Gasteiger partial charge < -0.3 is 10.2 Å². The third-order valence-corrected chi connectivity index (χ3v) is 3.24. The zero-order valence-electron chi connectivity index (χ0n) is 6.64. The van der Waals surface area contributed by atoms with Gasteiger partial charge in [-0.3, -0.25) is 0 Å². The van der Waals surface area contributed by atoms with Crippen molar-refractivity contribution in [3.8, 4) is 5.75 Å². The van der Waals surface area contributed by atoms with Crippen LogP contribution in [-0.4, -0.2) is 16.2 Å². The Morgan fingerprint density at radius 2 is 2.00 bits per heavy atom. The fraction of sp³-hybridized carbons (Fsp3) is 0.125. The molecule has 0 aliphatic rings. The summed E-state index contributed by atoms with van der Waals surface area (Å²) in [4.78, 5) is 10.7. The van der Waals surface area contributed by atoms with Crippen molar-refractivity contribution in [3.63, 3.8) is 0 Å². The minimum atomic E-state index is -1.01. The summed E-state index contributed by atoms with van der Waals surface area (Å²) < 4.78 is 0.765. The van der Waals surface area contributed by atoms with Crippen LogP contribution in [0.5, 0.6) is 5.75 Å². The summed E-state index contributed by atoms with van der Waals surface area (Å²) in [6, 6.07) is 1.37. The minimum Gasteiger partial charge on any atom is -0.506 e. The number of hydrogen-bond donors (Lipinski definition) is 2. The number of phenols is 1. The van der Waals surface area contributed by atoms with Crippen molar-refractivity contribution >= 4 is 37.8 Å². The van der Waals surface area contributed by atoms with E-state index in [1.807, 2.05) is 0 Å². The number of carboxylic acids is 1. The van der Waals surface area contributed by atoms with E-state index in [1.165, 1.54) is 6.07 Å². The van der Waals surface area contributed by atoms with Crippen LogP contribution in [0.15, 0.2) is 15.0 Å². The number of hydrogen-bond acceptors (Lipinski definition) is 2. The topological polar surface area (TPSA) is 57.5 Å². The smallest absolute Gasteiger partial charge is 0.336 e. The molecule has 3 nitrogen and oxygen atoms in total. The molecule has 0 spiro atoms. The van der Waals surface area contributed by atoms with Gasteiger partial charge in [0.2, 0.25) is 0 Å². The first-order valence-corrected chi connectivity index (χ1v) is 4.94. The standard InChI is InChI=1S/C8H6Br2O3/c1-3-4(8(12)13)2-5(9)7(11)6(3)10/h2,11H,1H3,(H,12,13). The molecular formula is C8H6Br2O3. The van der Waals surface area contributed by atoms with Gasteiger partial charge in [0.25, 0.3) is 0 Å². The predicted octanol–water partition coefficient (Wildman–Crippen LogP) is 2.92.